The lowest BCUT2D eigenvalue weighted by molar-refractivity contribution is -0.340. The summed E-state index contributed by atoms with van der Waals surface area (Å²) in [4.78, 5) is 27.9. The first-order valence-electron chi connectivity index (χ1n) is 23.1. The van der Waals surface area contributed by atoms with Crippen molar-refractivity contribution in [1.82, 2.24) is 0 Å². The van der Waals surface area contributed by atoms with E-state index >= 15 is 0 Å². The Balaban J connectivity index is 1.17. The van der Waals surface area contributed by atoms with E-state index in [0.29, 0.717) is 55.1 Å². The van der Waals surface area contributed by atoms with Crippen LogP contribution in [0, 0.1) is 40.9 Å². The highest BCUT2D eigenvalue weighted by Crippen LogP contribution is 2.60. The predicted molar refractivity (Wildman–Crippen MR) is 237 cm³/mol. The largest absolute Gasteiger partial charge is 0.462 e. The molecule has 0 aromatic heterocycles. The van der Waals surface area contributed by atoms with Crippen molar-refractivity contribution in [3.63, 3.8) is 0 Å². The molecule has 2 aliphatic carbocycles. The number of carbonyl (C=O) groups is 2. The fraction of sp³-hybridized carbons (Fsp3) is 0.755. The van der Waals surface area contributed by atoms with Crippen LogP contribution in [-0.2, 0) is 47.5 Å². The lowest BCUT2D eigenvalue weighted by atomic mass is 9.71. The Labute approximate surface area is 383 Å². The summed E-state index contributed by atoms with van der Waals surface area (Å²) >= 11 is 11.9. The molecule has 5 heterocycles. The summed E-state index contributed by atoms with van der Waals surface area (Å²) in [7, 11) is 1.60. The second-order valence-electron chi connectivity index (χ2n) is 20.2. The summed E-state index contributed by atoms with van der Waals surface area (Å²) in [6, 6.07) is 0. The maximum Gasteiger partial charge on any atom is 0.316 e. The Morgan fingerprint density at radius 2 is 1.84 bits per heavy atom. The Bertz CT molecular complexity index is 1850. The van der Waals surface area contributed by atoms with Crippen LogP contribution in [0.4, 0.5) is 0 Å². The predicted octanol–water partition coefficient (Wildman–Crippen LogP) is 8.21. The van der Waals surface area contributed by atoms with Gasteiger partial charge in [0.15, 0.2) is 18.2 Å². The third-order valence-electron chi connectivity index (χ3n) is 15.4. The Hall–Kier alpha value is -2.10. The molecule has 1 spiro atoms. The van der Waals surface area contributed by atoms with Crippen LogP contribution in [0.5, 0.6) is 0 Å². The summed E-state index contributed by atoms with van der Waals surface area (Å²) in [5.41, 5.74) is -0.225. The minimum Gasteiger partial charge on any atom is -0.462 e. The Morgan fingerprint density at radius 3 is 2.54 bits per heavy atom. The molecule has 0 amide bonds. The van der Waals surface area contributed by atoms with Crippen LogP contribution >= 0.6 is 23.2 Å². The van der Waals surface area contributed by atoms with Crippen molar-refractivity contribution >= 4 is 35.1 Å². The number of ether oxygens (including phenoxy) is 8. The smallest absolute Gasteiger partial charge is 0.316 e. The van der Waals surface area contributed by atoms with Gasteiger partial charge < -0.3 is 48.1 Å². The molecule has 0 radical (unpaired) electrons. The van der Waals surface area contributed by atoms with Gasteiger partial charge >= 0.3 is 11.9 Å². The normalized spacial score (nSPS) is 46.5. The molecule has 12 nitrogen and oxygen atoms in total. The topological polar surface area (TPSA) is 148 Å². The number of hydrogen-bond acceptors (Lipinski definition) is 12. The van der Waals surface area contributed by atoms with Crippen LogP contribution in [0.1, 0.15) is 107 Å². The van der Waals surface area contributed by atoms with Crippen LogP contribution in [0.15, 0.2) is 57.7 Å². The Morgan fingerprint density at radius 1 is 1.10 bits per heavy atom. The molecule has 0 aromatic rings. The fourth-order valence-corrected chi connectivity index (χ4v) is 11.5. The van der Waals surface area contributed by atoms with Crippen LogP contribution < -0.4 is 0 Å². The van der Waals surface area contributed by atoms with Gasteiger partial charge in [0.05, 0.1) is 36.9 Å². The summed E-state index contributed by atoms with van der Waals surface area (Å²) < 4.78 is 51.9. The number of esters is 2. The highest BCUT2D eigenvalue weighted by molar-refractivity contribution is 6.55. The zero-order chi connectivity index (χ0) is 45.8. The average molecular weight is 922 g/mol. The van der Waals surface area contributed by atoms with Crippen molar-refractivity contribution in [2.45, 2.75) is 180 Å². The molecular weight excluding hydrogens is 851 g/mol. The van der Waals surface area contributed by atoms with E-state index in [1.165, 1.54) is 0 Å². The van der Waals surface area contributed by atoms with Gasteiger partial charge in [0, 0.05) is 38.7 Å². The average Bonchev–Trinajstić information content (AvgIpc) is 3.58. The van der Waals surface area contributed by atoms with E-state index in [-0.39, 0.29) is 46.5 Å². The monoisotopic (exact) mass is 920 g/mol. The third kappa shape index (κ3) is 9.83. The number of methoxy groups -OCH3 is 1. The third-order valence-corrected chi connectivity index (χ3v) is 15.6. The molecular formula is C49H70Cl2O12. The molecule has 5 fully saturated rings. The van der Waals surface area contributed by atoms with E-state index in [1.54, 1.807) is 32.3 Å². The summed E-state index contributed by atoms with van der Waals surface area (Å²) in [5.74, 6) is -3.06. The molecule has 14 heteroatoms. The van der Waals surface area contributed by atoms with Crippen LogP contribution in [0.25, 0.3) is 0 Å². The van der Waals surface area contributed by atoms with E-state index in [1.807, 2.05) is 46.8 Å². The van der Waals surface area contributed by atoms with Gasteiger partial charge in [-0.15, -0.1) is 0 Å². The zero-order valence-electron chi connectivity index (χ0n) is 38.6. The first-order valence-corrected chi connectivity index (χ1v) is 23.9. The molecule has 63 heavy (non-hydrogen) atoms. The van der Waals surface area contributed by atoms with Gasteiger partial charge in [-0.3, -0.25) is 9.59 Å². The van der Waals surface area contributed by atoms with Gasteiger partial charge in [0.2, 0.25) is 0 Å². The molecule has 352 valence electrons. The number of carbonyl (C=O) groups excluding carboxylic acids is 2. The Kier molecular flexibility index (Phi) is 14.9. The summed E-state index contributed by atoms with van der Waals surface area (Å²) in [5, 5.41) is 23.7. The van der Waals surface area contributed by atoms with Gasteiger partial charge in [-0.1, -0.05) is 102 Å². The van der Waals surface area contributed by atoms with Gasteiger partial charge in [-0.2, -0.15) is 0 Å². The van der Waals surface area contributed by atoms with Gasteiger partial charge in [0.1, 0.15) is 40.4 Å². The van der Waals surface area contributed by atoms with Crippen LogP contribution in [-0.4, -0.2) is 108 Å². The number of allylic oxidation sites excluding steroid dienone is 3. The maximum absolute atomic E-state index is 14.4. The maximum atomic E-state index is 14.4. The standard InChI is InChI=1S/C49H70Cl2O12/c1-11-25(2)42-28(5)17-18-48(63-42)23-33-20-32(62-48)16-15-27(4)41(26(3)13-12-14-31-24-57-44-40(52)29(6)19-35(45(53)59-33)49(31,44)55)60-38-22-36(56-10)43(30(7)58-38)61-46(54)39-34(21-37(50)51)47(39,8)9/h12-15,19,21,25-26,28,30,32-36,38-44,52,55H,11,16-18,20,22-24H2,1-10H3/b13-12+,27-15+,31-14+/t25?,26-,28-,30-,32+,33-,34?,35-,36-,38-,39?,40+,41-,42+,43-,44+,48+,49+/m0/s1. The van der Waals surface area contributed by atoms with E-state index in [0.717, 1.165) is 18.4 Å². The lowest BCUT2D eigenvalue weighted by Crippen LogP contribution is -2.58. The van der Waals surface area contributed by atoms with E-state index in [2.05, 4.69) is 26.8 Å². The molecule has 2 N–H and O–H groups in total. The second-order valence-corrected chi connectivity index (χ2v) is 21.2. The van der Waals surface area contributed by atoms with Crippen molar-refractivity contribution in [3.05, 3.63) is 57.7 Å². The number of halogens is 2. The number of aliphatic hydroxyl groups excluding tert-OH is 1. The zero-order valence-corrected chi connectivity index (χ0v) is 40.1. The van der Waals surface area contributed by atoms with Crippen LogP contribution in [0.3, 0.4) is 0 Å². The molecule has 2 bridgehead atoms. The number of hydrogen-bond donors (Lipinski definition) is 2. The molecule has 1 saturated carbocycles. The molecule has 0 aromatic carbocycles. The summed E-state index contributed by atoms with van der Waals surface area (Å²) in [6.07, 6.45) is 9.24. The fourth-order valence-electron chi connectivity index (χ4n) is 11.2. The highest BCUT2D eigenvalue weighted by Gasteiger charge is 2.63. The van der Waals surface area contributed by atoms with Gasteiger partial charge in [-0.05, 0) is 79.6 Å². The van der Waals surface area contributed by atoms with Crippen molar-refractivity contribution < 1.29 is 57.7 Å². The molecule has 7 aliphatic rings. The van der Waals surface area contributed by atoms with E-state index in [4.69, 9.17) is 61.1 Å². The summed E-state index contributed by atoms with van der Waals surface area (Å²) in [6.45, 7) is 18.3. The minimum absolute atomic E-state index is 0.0174. The van der Waals surface area contributed by atoms with Gasteiger partial charge in [-0.25, -0.2) is 0 Å². The molecule has 7 rings (SSSR count). The number of aliphatic hydroxyl groups is 2. The van der Waals surface area contributed by atoms with Crippen molar-refractivity contribution in [2.75, 3.05) is 13.7 Å². The van der Waals surface area contributed by atoms with Crippen molar-refractivity contribution in [1.29, 1.82) is 0 Å². The van der Waals surface area contributed by atoms with Crippen molar-refractivity contribution in [3.8, 4) is 0 Å². The van der Waals surface area contributed by atoms with Gasteiger partial charge in [0.25, 0.3) is 0 Å². The van der Waals surface area contributed by atoms with E-state index < -0.39 is 78.2 Å². The second kappa shape index (κ2) is 19.2. The highest BCUT2D eigenvalue weighted by atomic mass is 35.5. The first kappa shape index (κ1) is 48.8. The molecule has 4 saturated heterocycles. The van der Waals surface area contributed by atoms with Crippen molar-refractivity contribution in [2.24, 2.45) is 40.9 Å². The lowest BCUT2D eigenvalue weighted by Gasteiger charge is -2.51. The van der Waals surface area contributed by atoms with E-state index in [9.17, 15) is 19.8 Å². The molecule has 5 aliphatic heterocycles. The number of rotatable bonds is 8. The quantitative estimate of drug-likeness (QED) is 0.179. The minimum atomic E-state index is -1.84. The first-order chi connectivity index (χ1) is 29.7. The molecule has 3 unspecified atom stereocenters. The number of fused-ring (bicyclic) bond motifs is 2. The van der Waals surface area contributed by atoms with Crippen LogP contribution in [0.2, 0.25) is 0 Å². The SMILES string of the molecule is CCC(C)[C@H]1O[C@]2(CC[C@@H]1C)C[C@@H]1C[C@@H](C/C=C(\C)[C@@H](O[C@H]3C[C@H](OC)[C@@H](OC(=O)C4C(C=C(Cl)Cl)C4(C)C)[C@H](C)O3)[C@@H](C)/C=C/C=C3\CO[C@@H]4[C@H](O)C(C)=C[C@@H](C(=O)O1)[C@]34O)O2. The molecule has 18 atom stereocenters.